The molecule has 1 heterocycles. The van der Waals surface area contributed by atoms with Crippen LogP contribution in [0.5, 0.6) is 0 Å². The van der Waals surface area contributed by atoms with E-state index in [1.54, 1.807) is 32.0 Å². The number of nitrogens with zero attached hydrogens (tertiary/aromatic N) is 2. The van der Waals surface area contributed by atoms with Crippen LogP contribution in [0, 0.1) is 0 Å². The average Bonchev–Trinajstić information content (AvgIpc) is 2.85. The van der Waals surface area contributed by atoms with Crippen molar-refractivity contribution in [3.8, 4) is 0 Å². The van der Waals surface area contributed by atoms with E-state index in [0.717, 1.165) is 17.6 Å². The number of hydrogen-bond donors (Lipinski definition) is 0. The highest BCUT2D eigenvalue weighted by Crippen LogP contribution is 2.43. The van der Waals surface area contributed by atoms with Crippen LogP contribution in [0.4, 0.5) is 41.6 Å². The Bertz CT molecular complexity index is 1150. The fourth-order valence-corrected chi connectivity index (χ4v) is 4.60. The average molecular weight is 547 g/mol. The first-order chi connectivity index (χ1) is 17.7. The zero-order chi connectivity index (χ0) is 28.4. The van der Waals surface area contributed by atoms with Crippen LogP contribution in [0.1, 0.15) is 61.1 Å². The molecule has 0 N–H and O–H groups in total. The van der Waals surface area contributed by atoms with Gasteiger partial charge in [-0.15, -0.1) is 0 Å². The number of rotatable bonds is 5. The Hall–Kier alpha value is -3.44. The molecule has 2 aromatic rings. The molecule has 0 saturated carbocycles. The minimum Gasteiger partial charge on any atom is -0.453 e. The molecule has 12 heteroatoms. The predicted molar refractivity (Wildman–Crippen MR) is 127 cm³/mol. The molecule has 0 fully saturated rings. The van der Waals surface area contributed by atoms with Crippen LogP contribution in [0.2, 0.25) is 0 Å². The summed E-state index contributed by atoms with van der Waals surface area (Å²) in [6.45, 7) is 4.79. The van der Waals surface area contributed by atoms with Crippen LogP contribution in [-0.4, -0.2) is 36.8 Å². The molecular weight excluding hydrogens is 518 g/mol. The number of benzene rings is 2. The number of amides is 2. The molecule has 1 aliphatic rings. The third-order valence-electron chi connectivity index (χ3n) is 6.37. The lowest BCUT2D eigenvalue weighted by Gasteiger charge is -2.42. The van der Waals surface area contributed by atoms with Crippen molar-refractivity contribution in [3.63, 3.8) is 0 Å². The Kier molecular flexibility index (Phi) is 8.52. The maximum atomic E-state index is 13.4. The Morgan fingerprint density at radius 3 is 2.08 bits per heavy atom. The van der Waals surface area contributed by atoms with Gasteiger partial charge in [-0.3, -0.25) is 9.80 Å². The second-order valence-corrected chi connectivity index (χ2v) is 8.93. The maximum absolute atomic E-state index is 13.4. The van der Waals surface area contributed by atoms with Gasteiger partial charge in [0, 0.05) is 12.6 Å². The van der Waals surface area contributed by atoms with Crippen molar-refractivity contribution in [1.29, 1.82) is 0 Å². The van der Waals surface area contributed by atoms with Gasteiger partial charge >= 0.3 is 24.5 Å². The first-order valence-electron chi connectivity index (χ1n) is 11.9. The van der Waals surface area contributed by atoms with E-state index in [-0.39, 0.29) is 24.7 Å². The molecule has 6 nitrogen and oxygen atoms in total. The normalized spacial score (nSPS) is 17.6. The number of halogens is 6. The first-order valence-corrected chi connectivity index (χ1v) is 11.9. The number of carbonyl (C=O) groups excluding carboxylic acids is 2. The standard InChI is InChI=1S/C26H28F6N2O4/c1-5-16-7-8-21-20(12-16)22(9-15(3)34(21)24(36)38-6-2)33(23(35)37-4)14-17-10-18(25(27,28)29)13-19(11-17)26(30,31)32/h7-8,10-13,15,22H,5-6,9,14H2,1-4H3/t15-,22+/m0/s1. The van der Waals surface area contributed by atoms with Gasteiger partial charge in [-0.2, -0.15) is 26.3 Å². The molecule has 3 rings (SSSR count). The molecule has 38 heavy (non-hydrogen) atoms. The Balaban J connectivity index is 2.15. The summed E-state index contributed by atoms with van der Waals surface area (Å²) in [7, 11) is 1.07. The quantitative estimate of drug-likeness (QED) is 0.368. The molecule has 0 radical (unpaired) electrons. The van der Waals surface area contributed by atoms with E-state index in [1.165, 1.54) is 4.90 Å². The van der Waals surface area contributed by atoms with Crippen molar-refractivity contribution in [2.75, 3.05) is 18.6 Å². The summed E-state index contributed by atoms with van der Waals surface area (Å²) >= 11 is 0. The minimum absolute atomic E-state index is 0.0364. The number of ether oxygens (including phenoxy) is 2. The van der Waals surface area contributed by atoms with E-state index in [0.29, 0.717) is 29.8 Å². The second-order valence-electron chi connectivity index (χ2n) is 8.93. The van der Waals surface area contributed by atoms with E-state index >= 15 is 0 Å². The van der Waals surface area contributed by atoms with Crippen molar-refractivity contribution >= 4 is 17.9 Å². The minimum atomic E-state index is -5.03. The van der Waals surface area contributed by atoms with Crippen molar-refractivity contribution in [2.45, 2.75) is 64.6 Å². The largest absolute Gasteiger partial charge is 0.453 e. The summed E-state index contributed by atoms with van der Waals surface area (Å²) in [5.74, 6) is 0. The monoisotopic (exact) mass is 546 g/mol. The first kappa shape index (κ1) is 29.1. The molecule has 0 unspecified atom stereocenters. The number of carbonyl (C=O) groups is 2. The van der Waals surface area contributed by atoms with E-state index in [1.807, 2.05) is 6.92 Å². The number of anilines is 1. The number of alkyl halides is 6. The number of methoxy groups -OCH3 is 1. The summed E-state index contributed by atoms with van der Waals surface area (Å²) in [6.07, 6.45) is -10.9. The highest BCUT2D eigenvalue weighted by molar-refractivity contribution is 5.90. The maximum Gasteiger partial charge on any atom is 0.416 e. The molecule has 0 aromatic heterocycles. The fraction of sp³-hybridized carbons (Fsp3) is 0.462. The molecule has 1 aliphatic heterocycles. The van der Waals surface area contributed by atoms with Crippen molar-refractivity contribution in [1.82, 2.24) is 4.90 Å². The van der Waals surface area contributed by atoms with Crippen molar-refractivity contribution < 1.29 is 45.4 Å². The van der Waals surface area contributed by atoms with Gasteiger partial charge in [0.1, 0.15) is 0 Å². The highest BCUT2D eigenvalue weighted by atomic mass is 19.4. The third-order valence-corrected chi connectivity index (χ3v) is 6.37. The lowest BCUT2D eigenvalue weighted by molar-refractivity contribution is -0.143. The lowest BCUT2D eigenvalue weighted by atomic mass is 9.89. The molecule has 0 bridgehead atoms. The van der Waals surface area contributed by atoms with Gasteiger partial charge in [0.25, 0.3) is 0 Å². The Labute approximate surface area is 216 Å². The lowest BCUT2D eigenvalue weighted by Crippen LogP contribution is -2.47. The molecule has 0 aliphatic carbocycles. The molecule has 208 valence electrons. The molecule has 2 aromatic carbocycles. The van der Waals surface area contributed by atoms with Gasteiger partial charge in [0.2, 0.25) is 0 Å². The summed E-state index contributed by atoms with van der Waals surface area (Å²) in [5, 5.41) is 0. The van der Waals surface area contributed by atoms with E-state index in [4.69, 9.17) is 9.47 Å². The van der Waals surface area contributed by atoms with E-state index in [9.17, 15) is 35.9 Å². The van der Waals surface area contributed by atoms with Crippen LogP contribution in [0.25, 0.3) is 0 Å². The highest BCUT2D eigenvalue weighted by Gasteiger charge is 2.41. The molecule has 2 atom stereocenters. The van der Waals surface area contributed by atoms with Crippen LogP contribution in [0.15, 0.2) is 36.4 Å². The van der Waals surface area contributed by atoms with Gasteiger partial charge in [0.15, 0.2) is 0 Å². The van der Waals surface area contributed by atoms with Crippen LogP contribution >= 0.6 is 0 Å². The molecular formula is C26H28F6N2O4. The number of fused-ring (bicyclic) bond motifs is 1. The summed E-state index contributed by atoms with van der Waals surface area (Å²) < 4.78 is 90.7. The topological polar surface area (TPSA) is 59.1 Å². The van der Waals surface area contributed by atoms with Crippen LogP contribution in [-0.2, 0) is 34.8 Å². The predicted octanol–water partition coefficient (Wildman–Crippen LogP) is 7.35. The smallest absolute Gasteiger partial charge is 0.416 e. The summed E-state index contributed by atoms with van der Waals surface area (Å²) in [6, 6.07) is 5.14. The summed E-state index contributed by atoms with van der Waals surface area (Å²) in [5.41, 5.74) is -1.54. The molecule has 2 amide bonds. The second kappa shape index (κ2) is 11.1. The van der Waals surface area contributed by atoms with Gasteiger partial charge < -0.3 is 9.47 Å². The number of aryl methyl sites for hydroxylation is 1. The Morgan fingerprint density at radius 2 is 1.58 bits per heavy atom. The SMILES string of the molecule is CCOC(=O)N1c2ccc(CC)cc2[C@H](N(Cc2cc(C(F)(F)F)cc(C(F)(F)F)c2)C(=O)OC)C[C@@H]1C. The molecule has 0 spiro atoms. The Morgan fingerprint density at radius 1 is 0.974 bits per heavy atom. The van der Waals surface area contributed by atoms with Crippen molar-refractivity contribution in [2.24, 2.45) is 0 Å². The van der Waals surface area contributed by atoms with Gasteiger partial charge in [-0.05, 0) is 67.6 Å². The van der Waals surface area contributed by atoms with Crippen LogP contribution in [0.3, 0.4) is 0 Å². The van der Waals surface area contributed by atoms with Crippen LogP contribution < -0.4 is 4.90 Å². The fourth-order valence-electron chi connectivity index (χ4n) is 4.60. The van der Waals surface area contributed by atoms with Crippen molar-refractivity contribution in [3.05, 3.63) is 64.2 Å². The zero-order valence-corrected chi connectivity index (χ0v) is 21.2. The molecule has 0 saturated heterocycles. The summed E-state index contributed by atoms with van der Waals surface area (Å²) in [4.78, 5) is 28.2. The number of hydrogen-bond acceptors (Lipinski definition) is 4. The third kappa shape index (κ3) is 6.16. The van der Waals surface area contributed by atoms with E-state index in [2.05, 4.69) is 0 Å². The van der Waals surface area contributed by atoms with Gasteiger partial charge in [-0.1, -0.05) is 19.1 Å². The van der Waals surface area contributed by atoms with Gasteiger partial charge in [-0.25, -0.2) is 9.59 Å². The van der Waals surface area contributed by atoms with E-state index < -0.39 is 54.3 Å². The zero-order valence-electron chi connectivity index (χ0n) is 21.2. The van der Waals surface area contributed by atoms with Gasteiger partial charge in [0.05, 0.1) is 36.6 Å².